The van der Waals surface area contributed by atoms with Crippen LogP contribution in [0.1, 0.15) is 290 Å². The lowest BCUT2D eigenvalue weighted by Gasteiger charge is -2.19. The summed E-state index contributed by atoms with van der Waals surface area (Å²) in [6, 6.07) is -0.679. The summed E-state index contributed by atoms with van der Waals surface area (Å²) in [5.41, 5.74) is 0. The molecule has 0 aliphatic carbocycles. The Labute approximate surface area is 502 Å². The van der Waals surface area contributed by atoms with Gasteiger partial charge in [-0.25, -0.2) is 0 Å². The zero-order chi connectivity index (χ0) is 58.4. The number of carbonyl (C=O) groups is 1. The fraction of sp³-hybridized carbons (Fsp3) is 0.623. The highest BCUT2D eigenvalue weighted by atomic mass is 16.3. The van der Waals surface area contributed by atoms with E-state index in [1.54, 1.807) is 6.08 Å². The first kappa shape index (κ1) is 76.8. The molecule has 2 unspecified atom stereocenters. The fourth-order valence-electron chi connectivity index (χ4n) is 9.33. The summed E-state index contributed by atoms with van der Waals surface area (Å²) in [4.78, 5) is 12.5. The fourth-order valence-corrected chi connectivity index (χ4v) is 9.33. The third kappa shape index (κ3) is 66.4. The lowest BCUT2D eigenvalue weighted by molar-refractivity contribution is -0.123. The summed E-state index contributed by atoms with van der Waals surface area (Å²) >= 11 is 0. The van der Waals surface area contributed by atoms with Gasteiger partial charge >= 0.3 is 0 Å². The van der Waals surface area contributed by atoms with Gasteiger partial charge in [-0.2, -0.15) is 0 Å². The van der Waals surface area contributed by atoms with Crippen LogP contribution < -0.4 is 5.32 Å². The van der Waals surface area contributed by atoms with Gasteiger partial charge in [0.05, 0.1) is 18.8 Å². The minimum absolute atomic E-state index is 0.115. The number of hydrogen-bond acceptors (Lipinski definition) is 3. The number of allylic oxidation sites excluding steroid dienone is 27. The molecular formula is C77H127NO3. The van der Waals surface area contributed by atoms with E-state index in [0.717, 1.165) is 122 Å². The second-order valence-electron chi connectivity index (χ2n) is 22.1. The van der Waals surface area contributed by atoms with Crippen molar-refractivity contribution in [1.82, 2.24) is 5.32 Å². The maximum Gasteiger partial charge on any atom is 0.220 e. The second-order valence-corrected chi connectivity index (χ2v) is 22.1. The third-order valence-electron chi connectivity index (χ3n) is 14.4. The number of nitrogens with one attached hydrogen (secondary N) is 1. The first-order valence-electron chi connectivity index (χ1n) is 33.8. The van der Waals surface area contributed by atoms with Gasteiger partial charge in [-0.15, -0.1) is 0 Å². The molecule has 0 bridgehead atoms. The molecule has 0 saturated carbocycles. The van der Waals surface area contributed by atoms with Crippen LogP contribution in [0.3, 0.4) is 0 Å². The maximum atomic E-state index is 12.5. The van der Waals surface area contributed by atoms with Crippen molar-refractivity contribution in [2.45, 2.75) is 302 Å². The van der Waals surface area contributed by atoms with E-state index in [1.165, 1.54) is 148 Å². The van der Waals surface area contributed by atoms with Gasteiger partial charge in [-0.3, -0.25) is 4.79 Å². The second kappa shape index (κ2) is 70.0. The zero-order valence-electron chi connectivity index (χ0n) is 52.7. The van der Waals surface area contributed by atoms with E-state index in [9.17, 15) is 15.0 Å². The summed E-state index contributed by atoms with van der Waals surface area (Å²) in [5, 5.41) is 23.2. The molecule has 1 amide bonds. The zero-order valence-corrected chi connectivity index (χ0v) is 52.7. The van der Waals surface area contributed by atoms with Crippen LogP contribution in [0.25, 0.3) is 0 Å². The van der Waals surface area contributed by atoms with E-state index in [1.807, 2.05) is 6.08 Å². The van der Waals surface area contributed by atoms with Gasteiger partial charge in [-0.05, 0) is 128 Å². The van der Waals surface area contributed by atoms with Crippen LogP contribution in [0.2, 0.25) is 0 Å². The topological polar surface area (TPSA) is 69.6 Å². The number of carbonyl (C=O) groups excluding carboxylic acids is 1. The molecule has 0 rings (SSSR count). The predicted molar refractivity (Wildman–Crippen MR) is 363 cm³/mol. The van der Waals surface area contributed by atoms with Gasteiger partial charge in [0, 0.05) is 6.42 Å². The Balaban J connectivity index is 3.69. The average molecular weight is 1110 g/mol. The van der Waals surface area contributed by atoms with Crippen molar-refractivity contribution < 1.29 is 15.0 Å². The third-order valence-corrected chi connectivity index (χ3v) is 14.4. The maximum absolute atomic E-state index is 12.5. The van der Waals surface area contributed by atoms with Crippen molar-refractivity contribution in [1.29, 1.82) is 0 Å². The summed E-state index contributed by atoms with van der Waals surface area (Å²) < 4.78 is 0. The molecule has 0 aliphatic heterocycles. The standard InChI is InChI=1S/C77H127NO3/c1-3-5-7-9-11-13-15-17-19-21-23-25-27-29-31-33-35-37-38-39-40-41-43-45-47-49-51-53-55-57-59-61-63-65-67-69-71-73-77(81)78-75(74-79)76(80)72-70-68-66-64-62-60-58-56-54-52-50-48-46-44-42-36-34-32-30-28-26-24-22-20-18-16-14-12-10-8-6-4-2/h5,7,11,13,17,19,23,25,29,31,35,37,39-40,43,45,49,51,54-57,61-64,70,72,75-76,79-80H,3-4,6,8-10,12,14-16,18,20-22,24,26-28,30,32-34,36,38,41-42,44,46-48,50,52-53,58-60,65-69,71,73-74H2,1-2H3,(H,78,81)/b7-5-,13-11-,19-17-,25-23-,31-29-,37-35-,40-39-,45-43-,51-49-,56-54+,57-55-,63-61-,64-62+,72-70+. The van der Waals surface area contributed by atoms with Crippen LogP contribution in [0, 0.1) is 0 Å². The van der Waals surface area contributed by atoms with Crippen molar-refractivity contribution >= 4 is 5.91 Å². The van der Waals surface area contributed by atoms with E-state index in [4.69, 9.17) is 0 Å². The smallest absolute Gasteiger partial charge is 0.220 e. The molecule has 0 heterocycles. The minimum Gasteiger partial charge on any atom is -0.394 e. The molecule has 0 radical (unpaired) electrons. The number of unbranched alkanes of at least 4 members (excludes halogenated alkanes) is 27. The van der Waals surface area contributed by atoms with E-state index < -0.39 is 12.1 Å². The van der Waals surface area contributed by atoms with Crippen molar-refractivity contribution in [3.8, 4) is 0 Å². The molecule has 0 spiro atoms. The van der Waals surface area contributed by atoms with Crippen LogP contribution in [-0.2, 0) is 4.79 Å². The highest BCUT2D eigenvalue weighted by molar-refractivity contribution is 5.76. The molecule has 2 atom stereocenters. The van der Waals surface area contributed by atoms with Gasteiger partial charge < -0.3 is 15.5 Å². The lowest BCUT2D eigenvalue weighted by Crippen LogP contribution is -2.45. The van der Waals surface area contributed by atoms with Crippen molar-refractivity contribution in [2.24, 2.45) is 0 Å². The van der Waals surface area contributed by atoms with Crippen LogP contribution >= 0.6 is 0 Å². The number of aliphatic hydroxyl groups excluding tert-OH is 2. The molecule has 3 N–H and O–H groups in total. The molecule has 0 aromatic heterocycles. The highest BCUT2D eigenvalue weighted by Crippen LogP contribution is 2.16. The molecule has 0 aliphatic rings. The first-order chi connectivity index (χ1) is 40.2. The largest absolute Gasteiger partial charge is 0.394 e. The van der Waals surface area contributed by atoms with E-state index in [-0.39, 0.29) is 12.5 Å². The molecule has 4 heteroatoms. The van der Waals surface area contributed by atoms with Crippen LogP contribution in [0.15, 0.2) is 170 Å². The van der Waals surface area contributed by atoms with Gasteiger partial charge in [-0.1, -0.05) is 325 Å². The molecule has 458 valence electrons. The Hall–Kier alpha value is -4.25. The van der Waals surface area contributed by atoms with Gasteiger partial charge in [0.1, 0.15) is 0 Å². The van der Waals surface area contributed by atoms with Gasteiger partial charge in [0.15, 0.2) is 0 Å². The van der Waals surface area contributed by atoms with E-state index in [2.05, 4.69) is 177 Å². The Bertz CT molecular complexity index is 1740. The van der Waals surface area contributed by atoms with Crippen molar-refractivity contribution in [2.75, 3.05) is 6.61 Å². The molecular weight excluding hydrogens is 987 g/mol. The Morgan fingerprint density at radius 1 is 0.309 bits per heavy atom. The number of aliphatic hydroxyl groups is 2. The van der Waals surface area contributed by atoms with Crippen LogP contribution in [-0.4, -0.2) is 34.9 Å². The normalized spacial score (nSPS) is 13.9. The molecule has 4 nitrogen and oxygen atoms in total. The van der Waals surface area contributed by atoms with Crippen LogP contribution in [0.5, 0.6) is 0 Å². The summed E-state index contributed by atoms with van der Waals surface area (Å²) in [5.74, 6) is -0.115. The molecule has 81 heavy (non-hydrogen) atoms. The summed E-state index contributed by atoms with van der Waals surface area (Å²) in [7, 11) is 0. The number of amides is 1. The quantitative estimate of drug-likeness (QED) is 0.0420. The number of rotatable bonds is 60. The van der Waals surface area contributed by atoms with E-state index in [0.29, 0.717) is 6.42 Å². The SMILES string of the molecule is CC/C=C\C/C=C\C/C=C\C/C=C\C/C=C\C/C=C\C/C=C\C/C=C\C/C=C\C/C=C\C/C=C\CCCCCC(=O)NC(CO)C(O)/C=C/CC/C=C/CC/C=C/CCCCCCCCCCCCCCCCCCCCCCCC. The highest BCUT2D eigenvalue weighted by Gasteiger charge is 2.18. The van der Waals surface area contributed by atoms with Crippen molar-refractivity contribution in [3.05, 3.63) is 170 Å². The average Bonchev–Trinajstić information content (AvgIpc) is 3.47. The molecule has 0 aromatic rings. The predicted octanol–water partition coefficient (Wildman–Crippen LogP) is 23.4. The monoisotopic (exact) mass is 1110 g/mol. The van der Waals surface area contributed by atoms with Crippen molar-refractivity contribution in [3.63, 3.8) is 0 Å². The molecule has 0 saturated heterocycles. The van der Waals surface area contributed by atoms with Gasteiger partial charge in [0.2, 0.25) is 5.91 Å². The summed E-state index contributed by atoms with van der Waals surface area (Å²) in [6.07, 6.45) is 113. The molecule has 0 fully saturated rings. The minimum atomic E-state index is -0.900. The Morgan fingerprint density at radius 2 is 0.556 bits per heavy atom. The molecule has 0 aromatic carbocycles. The van der Waals surface area contributed by atoms with Crippen LogP contribution in [0.4, 0.5) is 0 Å². The lowest BCUT2D eigenvalue weighted by atomic mass is 10.0. The van der Waals surface area contributed by atoms with Gasteiger partial charge in [0.25, 0.3) is 0 Å². The van der Waals surface area contributed by atoms with E-state index >= 15 is 0 Å². The first-order valence-corrected chi connectivity index (χ1v) is 33.8. The Kier molecular flexibility index (Phi) is 66.3. The Morgan fingerprint density at radius 3 is 0.864 bits per heavy atom. The number of hydrogen-bond donors (Lipinski definition) is 3. The summed E-state index contributed by atoms with van der Waals surface area (Å²) in [6.45, 7) is 4.18.